The number of rotatable bonds is 11. The zero-order valence-electron chi connectivity index (χ0n) is 11.5. The molecule has 0 rings (SSSR count). The maximum Gasteiger partial charge on any atom is 0.502 e. The lowest BCUT2D eigenvalue weighted by atomic mass is 10.6. The van der Waals surface area contributed by atoms with Crippen LogP contribution in [-0.2, 0) is 18.0 Å². The molecule has 1 unspecified atom stereocenters. The summed E-state index contributed by atoms with van der Waals surface area (Å²) in [6, 6.07) is 0.816. The lowest BCUT2D eigenvalue weighted by Gasteiger charge is -2.31. The molecule has 0 aromatic heterocycles. The van der Waals surface area contributed by atoms with Gasteiger partial charge in [0.25, 0.3) is 0 Å². The summed E-state index contributed by atoms with van der Waals surface area (Å²) in [5.41, 5.74) is 0. The summed E-state index contributed by atoms with van der Waals surface area (Å²) in [6.45, 7) is 13.1. The van der Waals surface area contributed by atoms with Crippen LogP contribution in [0, 0.1) is 0 Å². The number of ether oxygens (including phenoxy) is 1. The molecule has 0 radical (unpaired) electrons. The van der Waals surface area contributed by atoms with Gasteiger partial charge >= 0.3 is 8.80 Å². The van der Waals surface area contributed by atoms with Crippen LogP contribution in [0.4, 0.5) is 0 Å². The molecular formula is C12H26O4Si. The highest BCUT2D eigenvalue weighted by molar-refractivity contribution is 6.60. The Balaban J connectivity index is 4.45. The Bertz CT molecular complexity index is 182. The van der Waals surface area contributed by atoms with Crippen LogP contribution in [0.3, 0.4) is 0 Å². The van der Waals surface area contributed by atoms with E-state index < -0.39 is 8.80 Å². The summed E-state index contributed by atoms with van der Waals surface area (Å²) in [7, 11) is -2.57. The summed E-state index contributed by atoms with van der Waals surface area (Å²) in [5.74, 6) is 0. The van der Waals surface area contributed by atoms with Gasteiger partial charge in [-0.1, -0.05) is 19.4 Å². The fourth-order valence-electron chi connectivity index (χ4n) is 1.55. The molecule has 17 heavy (non-hydrogen) atoms. The van der Waals surface area contributed by atoms with Gasteiger partial charge in [-0.25, -0.2) is 0 Å². The van der Waals surface area contributed by atoms with Crippen molar-refractivity contribution in [1.29, 1.82) is 0 Å². The van der Waals surface area contributed by atoms with Crippen molar-refractivity contribution in [3.63, 3.8) is 0 Å². The molecule has 0 spiro atoms. The first-order valence-corrected chi connectivity index (χ1v) is 8.25. The lowest BCUT2D eigenvalue weighted by molar-refractivity contribution is -0.0998. The molecule has 0 N–H and O–H groups in total. The molecular weight excluding hydrogens is 236 g/mol. The third-order valence-electron chi connectivity index (χ3n) is 2.08. The van der Waals surface area contributed by atoms with Crippen molar-refractivity contribution in [3.8, 4) is 0 Å². The van der Waals surface area contributed by atoms with Gasteiger partial charge in [0, 0.05) is 19.3 Å². The first-order valence-electron chi connectivity index (χ1n) is 6.32. The van der Waals surface area contributed by atoms with Crippen LogP contribution in [-0.4, -0.2) is 34.9 Å². The highest BCUT2D eigenvalue weighted by atomic mass is 28.4. The van der Waals surface area contributed by atoms with Crippen LogP contribution < -0.4 is 0 Å². The highest BCUT2D eigenvalue weighted by Gasteiger charge is 2.41. The zero-order chi connectivity index (χ0) is 13.1. The minimum atomic E-state index is -2.57. The SMILES string of the molecule is C=CCOC(C)O[Si](CCC)(OCC)OCC. The lowest BCUT2D eigenvalue weighted by Crippen LogP contribution is -2.48. The molecule has 0 heterocycles. The topological polar surface area (TPSA) is 36.9 Å². The van der Waals surface area contributed by atoms with E-state index in [2.05, 4.69) is 13.5 Å². The average molecular weight is 262 g/mol. The molecule has 1 atom stereocenters. The molecule has 0 aromatic carbocycles. The van der Waals surface area contributed by atoms with Gasteiger partial charge in [0.1, 0.15) is 6.29 Å². The average Bonchev–Trinajstić information content (AvgIpc) is 2.27. The number of hydrogen-bond acceptors (Lipinski definition) is 4. The minimum absolute atomic E-state index is 0.329. The predicted octanol–water partition coefficient (Wildman–Crippen LogP) is 2.97. The van der Waals surface area contributed by atoms with Gasteiger partial charge in [0.2, 0.25) is 0 Å². The summed E-state index contributed by atoms with van der Waals surface area (Å²) in [5, 5.41) is 0. The van der Waals surface area contributed by atoms with Crippen molar-refractivity contribution >= 4 is 8.80 Å². The molecule has 0 amide bonds. The van der Waals surface area contributed by atoms with Crippen LogP contribution in [0.25, 0.3) is 0 Å². The van der Waals surface area contributed by atoms with Crippen molar-refractivity contribution in [2.24, 2.45) is 0 Å². The highest BCUT2D eigenvalue weighted by Crippen LogP contribution is 2.20. The van der Waals surface area contributed by atoms with E-state index in [4.69, 9.17) is 18.0 Å². The molecule has 0 bridgehead atoms. The van der Waals surface area contributed by atoms with E-state index in [-0.39, 0.29) is 6.29 Å². The van der Waals surface area contributed by atoms with Crippen molar-refractivity contribution in [2.75, 3.05) is 19.8 Å². The Morgan fingerprint density at radius 3 is 2.18 bits per heavy atom. The summed E-state index contributed by atoms with van der Waals surface area (Å²) >= 11 is 0. The Hall–Kier alpha value is -0.203. The normalized spacial score (nSPS) is 13.6. The summed E-state index contributed by atoms with van der Waals surface area (Å²) < 4.78 is 22.8. The molecule has 0 aromatic rings. The summed E-state index contributed by atoms with van der Waals surface area (Å²) in [4.78, 5) is 0. The van der Waals surface area contributed by atoms with E-state index in [0.29, 0.717) is 19.8 Å². The van der Waals surface area contributed by atoms with Gasteiger partial charge in [-0.15, -0.1) is 6.58 Å². The quantitative estimate of drug-likeness (QED) is 0.326. The van der Waals surface area contributed by atoms with Gasteiger partial charge in [-0.2, -0.15) is 0 Å². The van der Waals surface area contributed by atoms with Crippen molar-refractivity contribution < 1.29 is 18.0 Å². The number of hydrogen-bond donors (Lipinski definition) is 0. The van der Waals surface area contributed by atoms with Gasteiger partial charge in [0.05, 0.1) is 6.61 Å². The van der Waals surface area contributed by atoms with Crippen LogP contribution in [0.1, 0.15) is 34.1 Å². The fourth-order valence-corrected chi connectivity index (χ4v) is 4.24. The Morgan fingerprint density at radius 2 is 1.76 bits per heavy atom. The maximum atomic E-state index is 5.89. The third-order valence-corrected chi connectivity index (χ3v) is 5.34. The monoisotopic (exact) mass is 262 g/mol. The fraction of sp³-hybridized carbons (Fsp3) is 0.833. The second-order valence-electron chi connectivity index (χ2n) is 3.61. The van der Waals surface area contributed by atoms with Gasteiger partial charge < -0.3 is 18.0 Å². The van der Waals surface area contributed by atoms with E-state index in [1.807, 2.05) is 20.8 Å². The van der Waals surface area contributed by atoms with Crippen molar-refractivity contribution in [2.45, 2.75) is 46.4 Å². The molecule has 0 fully saturated rings. The van der Waals surface area contributed by atoms with E-state index in [1.165, 1.54) is 0 Å². The third kappa shape index (κ3) is 6.95. The Morgan fingerprint density at radius 1 is 1.18 bits per heavy atom. The van der Waals surface area contributed by atoms with Crippen LogP contribution in [0.15, 0.2) is 12.7 Å². The maximum absolute atomic E-state index is 5.89. The molecule has 0 aliphatic rings. The molecule has 0 aliphatic carbocycles. The molecule has 4 nitrogen and oxygen atoms in total. The largest absolute Gasteiger partial charge is 0.502 e. The standard InChI is InChI=1S/C12H26O4Si/c1-6-10-13-12(5)16-17(11-7-2,14-8-3)15-9-4/h6,12H,1,7-11H2,2-5H3. The van der Waals surface area contributed by atoms with Crippen molar-refractivity contribution in [3.05, 3.63) is 12.7 Å². The second kappa shape index (κ2) is 9.79. The predicted molar refractivity (Wildman–Crippen MR) is 70.8 cm³/mol. The van der Waals surface area contributed by atoms with E-state index >= 15 is 0 Å². The summed E-state index contributed by atoms with van der Waals surface area (Å²) in [6.07, 6.45) is 2.34. The van der Waals surface area contributed by atoms with Gasteiger partial charge in [-0.05, 0) is 20.8 Å². The smallest absolute Gasteiger partial charge is 0.374 e. The van der Waals surface area contributed by atoms with Crippen LogP contribution >= 0.6 is 0 Å². The van der Waals surface area contributed by atoms with Gasteiger partial charge in [-0.3, -0.25) is 0 Å². The first kappa shape index (κ1) is 16.8. The molecule has 102 valence electrons. The van der Waals surface area contributed by atoms with E-state index in [9.17, 15) is 0 Å². The van der Waals surface area contributed by atoms with Crippen molar-refractivity contribution in [1.82, 2.24) is 0 Å². The van der Waals surface area contributed by atoms with Crippen LogP contribution in [0.2, 0.25) is 6.04 Å². The van der Waals surface area contributed by atoms with Crippen LogP contribution in [0.5, 0.6) is 0 Å². The molecule has 5 heteroatoms. The van der Waals surface area contributed by atoms with E-state index in [1.54, 1.807) is 6.08 Å². The van der Waals surface area contributed by atoms with E-state index in [0.717, 1.165) is 12.5 Å². The Labute approximate surface area is 106 Å². The second-order valence-corrected chi connectivity index (χ2v) is 6.29. The molecule has 0 saturated heterocycles. The van der Waals surface area contributed by atoms with Gasteiger partial charge in [0.15, 0.2) is 0 Å². The molecule has 0 aliphatic heterocycles. The minimum Gasteiger partial charge on any atom is -0.374 e. The zero-order valence-corrected chi connectivity index (χ0v) is 12.5. The first-order chi connectivity index (χ1) is 8.14. The molecule has 0 saturated carbocycles. The Kier molecular flexibility index (Phi) is 9.67.